The lowest BCUT2D eigenvalue weighted by molar-refractivity contribution is -0.192. The minimum absolute atomic E-state index is 0.0849. The third-order valence-corrected chi connectivity index (χ3v) is 9.82. The number of carbonyl (C=O) groups excluding carboxylic acids is 4. The molecule has 2 amide bonds. The van der Waals surface area contributed by atoms with Crippen LogP contribution in [0.5, 0.6) is 5.75 Å². The first-order valence-corrected chi connectivity index (χ1v) is 20.1. The van der Waals surface area contributed by atoms with Crippen molar-refractivity contribution in [2.45, 2.75) is 50.7 Å². The van der Waals surface area contributed by atoms with Gasteiger partial charge in [0.2, 0.25) is 17.6 Å². The van der Waals surface area contributed by atoms with Gasteiger partial charge < -0.3 is 44.1 Å². The number of hydrogen-bond donors (Lipinski definition) is 4. The molecule has 0 atom stereocenters. The Labute approximate surface area is 357 Å². The first kappa shape index (κ1) is 48.5. The highest BCUT2D eigenvalue weighted by Crippen LogP contribution is 2.32. The summed E-state index contributed by atoms with van der Waals surface area (Å²) < 4.78 is 60.5. The third-order valence-electron chi connectivity index (χ3n) is 8.79. The van der Waals surface area contributed by atoms with Gasteiger partial charge >= 0.3 is 24.1 Å². The maximum absolute atomic E-state index is 13.5. The summed E-state index contributed by atoms with van der Waals surface area (Å²) in [4.78, 5) is 75.1. The van der Waals surface area contributed by atoms with E-state index in [0.29, 0.717) is 77.6 Å². The van der Waals surface area contributed by atoms with E-state index in [-0.39, 0.29) is 41.8 Å². The molecule has 0 aliphatic carbocycles. The highest BCUT2D eigenvalue weighted by atomic mass is 32.2. The molecule has 23 heteroatoms. The average Bonchev–Trinajstić information content (AvgIpc) is 3.81. The molecule has 0 saturated carbocycles. The fourth-order valence-electron chi connectivity index (χ4n) is 5.78. The Morgan fingerprint density at radius 3 is 2.42 bits per heavy atom. The summed E-state index contributed by atoms with van der Waals surface area (Å²) in [5, 5.41) is 13.3. The zero-order valence-corrected chi connectivity index (χ0v) is 35.2. The van der Waals surface area contributed by atoms with Crippen LogP contribution in [-0.4, -0.2) is 131 Å². The van der Waals surface area contributed by atoms with E-state index >= 15 is 0 Å². The van der Waals surface area contributed by atoms with Gasteiger partial charge in [0.15, 0.2) is 5.89 Å². The predicted molar refractivity (Wildman–Crippen MR) is 218 cm³/mol. The molecule has 0 radical (unpaired) electrons. The number of imidazole rings is 1. The molecule has 19 nitrogen and oxygen atoms in total. The molecule has 1 aliphatic rings. The number of alkyl halides is 3. The van der Waals surface area contributed by atoms with Gasteiger partial charge in [-0.1, -0.05) is 19.1 Å². The number of nitrogens with two attached hydrogens (primary N) is 1. The second-order valence-electron chi connectivity index (χ2n) is 13.1. The molecule has 336 valence electrons. The van der Waals surface area contributed by atoms with Gasteiger partial charge in [-0.2, -0.15) is 13.2 Å². The number of pyridine rings is 1. The fourth-order valence-corrected chi connectivity index (χ4v) is 6.74. The number of allylic oxidation sites excluding steroid dienone is 1. The van der Waals surface area contributed by atoms with Crippen LogP contribution in [0.15, 0.2) is 45.9 Å². The Kier molecular flexibility index (Phi) is 18.1. The zero-order chi connectivity index (χ0) is 45.4. The lowest BCUT2D eigenvalue weighted by Gasteiger charge is -2.26. The minimum atomic E-state index is -5.08. The number of nitrogens with one attached hydrogen (secondary N) is 2. The summed E-state index contributed by atoms with van der Waals surface area (Å²) in [6.07, 6.45) is 1.47. The Balaban J connectivity index is 0.00000111. The molecule has 1 aliphatic heterocycles. The summed E-state index contributed by atoms with van der Waals surface area (Å²) >= 11 is 1.35. The van der Waals surface area contributed by atoms with Crippen molar-refractivity contribution in [2.75, 3.05) is 76.6 Å². The number of nitrogens with zero attached hydrogens (tertiary/aromatic N) is 5. The van der Waals surface area contributed by atoms with Crippen LogP contribution in [0, 0.1) is 6.92 Å². The SMILES string of the molecule is CCc1nc(C)oc1C(=O)Nc1nc2cc(C(N)=O)cc(OCCCN3CCOCC3)c2n1C/C=C/CNc1ncc(C(=O)OC)cc1SCCC(=O)OC.O=C(O)C(F)(F)F. The third kappa shape index (κ3) is 13.9. The number of carbonyl (C=O) groups is 5. The van der Waals surface area contributed by atoms with Crippen LogP contribution < -0.4 is 21.1 Å². The maximum Gasteiger partial charge on any atom is 0.490 e. The summed E-state index contributed by atoms with van der Waals surface area (Å²) in [7, 11) is 2.62. The molecule has 1 fully saturated rings. The van der Waals surface area contributed by atoms with Crippen molar-refractivity contribution >= 4 is 64.3 Å². The largest absolute Gasteiger partial charge is 0.491 e. The van der Waals surface area contributed by atoms with Crippen LogP contribution in [0.2, 0.25) is 0 Å². The molecule has 5 N–H and O–H groups in total. The number of methoxy groups -OCH3 is 2. The molecular formula is C39H47F3N8O11S. The number of morpholine rings is 1. The maximum atomic E-state index is 13.5. The number of esters is 2. The molecule has 62 heavy (non-hydrogen) atoms. The number of halogens is 3. The summed E-state index contributed by atoms with van der Waals surface area (Å²) in [6, 6.07) is 4.81. The number of aromatic nitrogens is 4. The second kappa shape index (κ2) is 23.1. The highest BCUT2D eigenvalue weighted by Gasteiger charge is 2.38. The number of aliphatic carboxylic acids is 1. The van der Waals surface area contributed by atoms with Crippen LogP contribution in [0.1, 0.15) is 62.6 Å². The van der Waals surface area contributed by atoms with Crippen LogP contribution in [0.25, 0.3) is 11.0 Å². The van der Waals surface area contributed by atoms with Crippen molar-refractivity contribution in [2.24, 2.45) is 5.73 Å². The zero-order valence-electron chi connectivity index (χ0n) is 34.3. The van der Waals surface area contributed by atoms with Crippen molar-refractivity contribution < 1.29 is 65.6 Å². The van der Waals surface area contributed by atoms with Gasteiger partial charge in [-0.25, -0.2) is 24.5 Å². The van der Waals surface area contributed by atoms with Crippen LogP contribution in [-0.2, 0) is 36.8 Å². The number of oxazole rings is 1. The molecule has 4 aromatic rings. The number of rotatable bonds is 19. The van der Waals surface area contributed by atoms with Gasteiger partial charge in [-0.15, -0.1) is 11.8 Å². The molecule has 3 aromatic heterocycles. The molecule has 1 aromatic carbocycles. The molecule has 0 spiro atoms. The lowest BCUT2D eigenvalue weighted by atomic mass is 10.1. The summed E-state index contributed by atoms with van der Waals surface area (Å²) in [5.74, 6) is -2.86. The van der Waals surface area contributed by atoms with Gasteiger partial charge in [0, 0.05) is 57.2 Å². The van der Waals surface area contributed by atoms with E-state index in [9.17, 15) is 32.3 Å². The van der Waals surface area contributed by atoms with Crippen LogP contribution in [0.3, 0.4) is 0 Å². The standard InChI is InChI=1S/C37H46N8O9S.C2HF3O2/c1-5-26-32(54-23(2)41-26)35(48)43-37-42-27-19-24(33(38)47)20-28(53-15-8-11-44-13-16-52-17-14-44)31(27)45(37)12-7-6-10-39-34-29(55-18-9-30(46)50-3)21-25(22-40-34)36(49)51-4;3-2(4,5)1(6)7/h6-7,19-22H,5,8-18H2,1-4H3,(H2,38,47)(H,39,40)(H,42,43,48);(H,6,7)/b7-6+;. The number of hydrogen-bond acceptors (Lipinski definition) is 16. The Hall–Kier alpha value is -6.20. The van der Waals surface area contributed by atoms with E-state index in [1.807, 2.05) is 19.1 Å². The van der Waals surface area contributed by atoms with Gasteiger partial charge in [0.05, 0.1) is 62.1 Å². The lowest BCUT2D eigenvalue weighted by Crippen LogP contribution is -2.37. The summed E-state index contributed by atoms with van der Waals surface area (Å²) in [5.41, 5.74) is 7.66. The molecule has 0 unspecified atom stereocenters. The summed E-state index contributed by atoms with van der Waals surface area (Å²) in [6.45, 7) is 8.40. The smallest absolute Gasteiger partial charge is 0.490 e. The monoisotopic (exact) mass is 892 g/mol. The Morgan fingerprint density at radius 2 is 1.77 bits per heavy atom. The van der Waals surface area contributed by atoms with Gasteiger partial charge in [-0.05, 0) is 31.0 Å². The molecule has 4 heterocycles. The predicted octanol–water partition coefficient (Wildman–Crippen LogP) is 4.49. The number of aryl methyl sites for hydroxylation is 2. The van der Waals surface area contributed by atoms with E-state index < -0.39 is 29.9 Å². The van der Waals surface area contributed by atoms with Crippen LogP contribution in [0.4, 0.5) is 24.9 Å². The minimum Gasteiger partial charge on any atom is -0.491 e. The number of thioether (sulfide) groups is 1. The topological polar surface area (TPSA) is 253 Å². The van der Waals surface area contributed by atoms with E-state index in [1.54, 1.807) is 29.7 Å². The van der Waals surface area contributed by atoms with E-state index in [2.05, 4.69) is 25.5 Å². The first-order chi connectivity index (χ1) is 29.6. The van der Waals surface area contributed by atoms with E-state index in [4.69, 9.17) is 44.0 Å². The first-order valence-electron chi connectivity index (χ1n) is 19.1. The van der Waals surface area contributed by atoms with Crippen molar-refractivity contribution in [3.05, 3.63) is 65.0 Å². The van der Waals surface area contributed by atoms with E-state index in [0.717, 1.165) is 26.1 Å². The number of primary amides is 1. The second-order valence-corrected chi connectivity index (χ2v) is 14.3. The number of ether oxygens (including phenoxy) is 4. The van der Waals surface area contributed by atoms with Crippen molar-refractivity contribution in [1.29, 1.82) is 0 Å². The van der Waals surface area contributed by atoms with E-state index in [1.165, 1.54) is 32.2 Å². The number of amides is 2. The molecule has 1 saturated heterocycles. The Morgan fingerprint density at radius 1 is 1.05 bits per heavy atom. The molecular weight excluding hydrogens is 846 g/mol. The average molecular weight is 893 g/mol. The Bertz CT molecular complexity index is 2240. The number of fused-ring (bicyclic) bond motifs is 1. The van der Waals surface area contributed by atoms with Gasteiger partial charge in [-0.3, -0.25) is 24.6 Å². The molecule has 0 bridgehead atoms. The fraction of sp³-hybridized carbons (Fsp3) is 0.436. The molecule has 5 rings (SSSR count). The van der Waals surface area contributed by atoms with Crippen molar-refractivity contribution in [1.82, 2.24) is 24.4 Å². The van der Waals surface area contributed by atoms with Gasteiger partial charge in [0.1, 0.15) is 17.1 Å². The number of anilines is 2. The highest BCUT2D eigenvalue weighted by molar-refractivity contribution is 7.99. The van der Waals surface area contributed by atoms with Crippen molar-refractivity contribution in [3.8, 4) is 5.75 Å². The van der Waals surface area contributed by atoms with Crippen LogP contribution >= 0.6 is 11.8 Å². The normalized spacial score (nSPS) is 13.0. The van der Waals surface area contributed by atoms with Crippen molar-refractivity contribution in [3.63, 3.8) is 0 Å². The number of carboxylic acids is 1. The number of benzene rings is 1. The van der Waals surface area contributed by atoms with Gasteiger partial charge in [0.25, 0.3) is 5.91 Å². The quantitative estimate of drug-likeness (QED) is 0.0438. The number of carboxylic acid groups (broad SMARTS) is 1.